The highest BCUT2D eigenvalue weighted by Gasteiger charge is 2.19. The lowest BCUT2D eigenvalue weighted by Crippen LogP contribution is -2.42. The number of amides is 2. The second kappa shape index (κ2) is 8.77. The molecule has 0 aliphatic rings. The summed E-state index contributed by atoms with van der Waals surface area (Å²) in [5, 5.41) is 12.3. The summed E-state index contributed by atoms with van der Waals surface area (Å²) >= 11 is 0. The Balaban J connectivity index is 2.59. The first-order valence-corrected chi connectivity index (χ1v) is 7.40. The number of nitrogens with zero attached hydrogens (tertiary/aromatic N) is 1. The highest BCUT2D eigenvalue weighted by atomic mass is 16.5. The summed E-state index contributed by atoms with van der Waals surface area (Å²) < 4.78 is 4.91. The number of carbonyl (C=O) groups is 3. The van der Waals surface area contributed by atoms with Gasteiger partial charge in [-0.15, -0.1) is 0 Å². The molecule has 0 saturated heterocycles. The first-order valence-electron chi connectivity index (χ1n) is 7.40. The Morgan fingerprint density at radius 1 is 1.26 bits per heavy atom. The number of phenolic OH excluding ortho intramolecular Hbond substituents is 1. The number of nitrogens with one attached hydrogen (secondary N) is 1. The average Bonchev–Trinajstić information content (AvgIpc) is 2.50. The standard InChI is InChI=1S/C16H22N2O5/c1-4-17-14(20)9-18(5-2)15(21)10-23-16(22)12-7-6-11(3)8-13(12)19/h6-8,19H,4-5,9-10H2,1-3H3,(H,17,20). The van der Waals surface area contributed by atoms with Gasteiger partial charge in [-0.05, 0) is 38.5 Å². The van der Waals surface area contributed by atoms with Gasteiger partial charge in [0.25, 0.3) is 5.91 Å². The largest absolute Gasteiger partial charge is 0.507 e. The van der Waals surface area contributed by atoms with Crippen molar-refractivity contribution < 1.29 is 24.2 Å². The van der Waals surface area contributed by atoms with E-state index in [1.165, 1.54) is 17.0 Å². The number of hydrogen-bond donors (Lipinski definition) is 2. The van der Waals surface area contributed by atoms with E-state index in [-0.39, 0.29) is 23.8 Å². The lowest BCUT2D eigenvalue weighted by Gasteiger charge is -2.20. The molecule has 1 rings (SSSR count). The molecule has 7 heteroatoms. The minimum atomic E-state index is -0.787. The summed E-state index contributed by atoms with van der Waals surface area (Å²) in [6.45, 7) is 5.51. The number of aryl methyl sites for hydroxylation is 1. The van der Waals surface area contributed by atoms with E-state index in [0.29, 0.717) is 13.1 Å². The Bertz CT molecular complexity index is 586. The topological polar surface area (TPSA) is 95.9 Å². The van der Waals surface area contributed by atoms with Crippen molar-refractivity contribution in [2.75, 3.05) is 26.2 Å². The molecule has 0 heterocycles. The van der Waals surface area contributed by atoms with Gasteiger partial charge in [0.05, 0.1) is 6.54 Å². The van der Waals surface area contributed by atoms with E-state index in [1.807, 2.05) is 0 Å². The molecule has 2 amide bonds. The zero-order valence-electron chi connectivity index (χ0n) is 13.6. The number of aromatic hydroxyl groups is 1. The highest BCUT2D eigenvalue weighted by Crippen LogP contribution is 2.19. The van der Waals surface area contributed by atoms with E-state index < -0.39 is 18.5 Å². The zero-order chi connectivity index (χ0) is 17.4. The van der Waals surface area contributed by atoms with Gasteiger partial charge in [-0.1, -0.05) is 6.07 Å². The molecule has 0 atom stereocenters. The van der Waals surface area contributed by atoms with Crippen LogP contribution < -0.4 is 5.32 Å². The molecular formula is C16H22N2O5. The maximum atomic E-state index is 12.0. The number of hydrogen-bond acceptors (Lipinski definition) is 5. The van der Waals surface area contributed by atoms with Crippen molar-refractivity contribution in [1.82, 2.24) is 10.2 Å². The molecule has 2 N–H and O–H groups in total. The number of phenols is 1. The third-order valence-electron chi connectivity index (χ3n) is 3.14. The lowest BCUT2D eigenvalue weighted by atomic mass is 10.1. The van der Waals surface area contributed by atoms with Crippen LogP contribution in [0, 0.1) is 6.92 Å². The van der Waals surface area contributed by atoms with Crippen LogP contribution in [0.5, 0.6) is 5.75 Å². The molecule has 126 valence electrons. The Hall–Kier alpha value is -2.57. The smallest absolute Gasteiger partial charge is 0.342 e. The van der Waals surface area contributed by atoms with Gasteiger partial charge in [0, 0.05) is 13.1 Å². The Morgan fingerprint density at radius 2 is 1.96 bits per heavy atom. The molecule has 7 nitrogen and oxygen atoms in total. The van der Waals surface area contributed by atoms with Gasteiger partial charge in [-0.2, -0.15) is 0 Å². The van der Waals surface area contributed by atoms with Crippen molar-refractivity contribution >= 4 is 17.8 Å². The van der Waals surface area contributed by atoms with Gasteiger partial charge in [0.15, 0.2) is 6.61 Å². The highest BCUT2D eigenvalue weighted by molar-refractivity contribution is 5.94. The zero-order valence-corrected chi connectivity index (χ0v) is 13.6. The third-order valence-corrected chi connectivity index (χ3v) is 3.14. The minimum Gasteiger partial charge on any atom is -0.507 e. The predicted molar refractivity (Wildman–Crippen MR) is 84.1 cm³/mol. The van der Waals surface area contributed by atoms with Gasteiger partial charge in [-0.25, -0.2) is 4.79 Å². The molecule has 0 bridgehead atoms. The monoisotopic (exact) mass is 322 g/mol. The number of esters is 1. The molecule has 0 saturated carbocycles. The minimum absolute atomic E-state index is 0.00447. The molecule has 0 aromatic heterocycles. The summed E-state index contributed by atoms with van der Waals surface area (Å²) in [5.74, 6) is -1.73. The second-order valence-electron chi connectivity index (χ2n) is 4.96. The van der Waals surface area contributed by atoms with E-state index in [0.717, 1.165) is 5.56 Å². The van der Waals surface area contributed by atoms with Crippen molar-refractivity contribution in [2.24, 2.45) is 0 Å². The van der Waals surface area contributed by atoms with E-state index in [9.17, 15) is 19.5 Å². The van der Waals surface area contributed by atoms with Crippen LogP contribution in [0.25, 0.3) is 0 Å². The quantitative estimate of drug-likeness (QED) is 0.725. The van der Waals surface area contributed by atoms with E-state index in [1.54, 1.807) is 26.8 Å². The van der Waals surface area contributed by atoms with Gasteiger partial charge in [-0.3, -0.25) is 9.59 Å². The van der Waals surface area contributed by atoms with Crippen LogP contribution in [-0.4, -0.2) is 54.0 Å². The summed E-state index contributed by atoms with van der Waals surface area (Å²) in [4.78, 5) is 36.7. The van der Waals surface area contributed by atoms with Crippen molar-refractivity contribution in [1.29, 1.82) is 0 Å². The lowest BCUT2D eigenvalue weighted by molar-refractivity contribution is -0.138. The molecule has 1 aromatic rings. The summed E-state index contributed by atoms with van der Waals surface area (Å²) in [6.07, 6.45) is 0. The number of ether oxygens (including phenoxy) is 1. The van der Waals surface area contributed by atoms with Gasteiger partial charge in [0.1, 0.15) is 11.3 Å². The maximum Gasteiger partial charge on any atom is 0.342 e. The van der Waals surface area contributed by atoms with Crippen LogP contribution >= 0.6 is 0 Å². The normalized spacial score (nSPS) is 10.0. The van der Waals surface area contributed by atoms with Crippen LogP contribution in [0.15, 0.2) is 18.2 Å². The van der Waals surface area contributed by atoms with Crippen LogP contribution in [0.1, 0.15) is 29.8 Å². The Morgan fingerprint density at radius 3 is 2.52 bits per heavy atom. The first kappa shape index (κ1) is 18.5. The number of carbonyl (C=O) groups excluding carboxylic acids is 3. The Kier molecular flexibility index (Phi) is 7.05. The molecule has 1 aromatic carbocycles. The van der Waals surface area contributed by atoms with E-state index >= 15 is 0 Å². The Labute approximate surface area is 135 Å². The summed E-state index contributed by atoms with van der Waals surface area (Å²) in [5.41, 5.74) is 0.796. The average molecular weight is 322 g/mol. The molecule has 0 unspecified atom stereocenters. The summed E-state index contributed by atoms with van der Waals surface area (Å²) in [7, 11) is 0. The molecular weight excluding hydrogens is 300 g/mol. The SMILES string of the molecule is CCNC(=O)CN(CC)C(=O)COC(=O)c1ccc(C)cc1O. The van der Waals surface area contributed by atoms with Crippen molar-refractivity contribution in [2.45, 2.75) is 20.8 Å². The number of likely N-dealkylation sites (N-methyl/N-ethyl adjacent to an activating group) is 2. The molecule has 0 aliphatic heterocycles. The van der Waals surface area contributed by atoms with E-state index in [4.69, 9.17) is 4.74 Å². The van der Waals surface area contributed by atoms with Crippen LogP contribution in [0.4, 0.5) is 0 Å². The van der Waals surface area contributed by atoms with Crippen LogP contribution in [0.2, 0.25) is 0 Å². The number of benzene rings is 1. The number of rotatable bonds is 7. The van der Waals surface area contributed by atoms with Crippen LogP contribution in [-0.2, 0) is 14.3 Å². The fraction of sp³-hybridized carbons (Fsp3) is 0.438. The first-order chi connectivity index (χ1) is 10.9. The van der Waals surface area contributed by atoms with Gasteiger partial charge >= 0.3 is 5.97 Å². The van der Waals surface area contributed by atoms with E-state index in [2.05, 4.69) is 5.32 Å². The fourth-order valence-corrected chi connectivity index (χ4v) is 1.91. The van der Waals surface area contributed by atoms with Gasteiger partial charge < -0.3 is 20.1 Å². The maximum absolute atomic E-state index is 12.0. The molecule has 0 spiro atoms. The summed E-state index contributed by atoms with van der Waals surface area (Å²) in [6, 6.07) is 4.53. The van der Waals surface area contributed by atoms with Crippen LogP contribution in [0.3, 0.4) is 0 Å². The molecule has 0 aliphatic carbocycles. The van der Waals surface area contributed by atoms with Crippen molar-refractivity contribution in [3.63, 3.8) is 0 Å². The molecule has 23 heavy (non-hydrogen) atoms. The van der Waals surface area contributed by atoms with Crippen molar-refractivity contribution in [3.05, 3.63) is 29.3 Å². The molecule has 0 radical (unpaired) electrons. The third kappa shape index (κ3) is 5.61. The molecule has 0 fully saturated rings. The van der Waals surface area contributed by atoms with Gasteiger partial charge in [0.2, 0.25) is 5.91 Å². The fourth-order valence-electron chi connectivity index (χ4n) is 1.91. The van der Waals surface area contributed by atoms with Crippen molar-refractivity contribution in [3.8, 4) is 5.75 Å². The predicted octanol–water partition coefficient (Wildman–Crippen LogP) is 0.842. The second-order valence-corrected chi connectivity index (χ2v) is 4.96.